The number of aromatic nitrogens is 2. The molecule has 0 aliphatic rings. The van der Waals surface area contributed by atoms with E-state index in [1.165, 1.54) is 6.07 Å². The van der Waals surface area contributed by atoms with Crippen molar-refractivity contribution in [2.24, 2.45) is 0 Å². The molecule has 35 heavy (non-hydrogen) atoms. The van der Waals surface area contributed by atoms with Gasteiger partial charge in [0.2, 0.25) is 5.88 Å². The average Bonchev–Trinajstić information content (AvgIpc) is 3.25. The molecule has 0 aliphatic carbocycles. The van der Waals surface area contributed by atoms with Gasteiger partial charge in [-0.15, -0.1) is 0 Å². The number of rotatable bonds is 8. The Bertz CT molecular complexity index is 1370. The molecular weight excluding hydrogens is 470 g/mol. The fourth-order valence-electron chi connectivity index (χ4n) is 3.65. The highest BCUT2D eigenvalue weighted by atomic mass is 35.5. The fourth-order valence-corrected chi connectivity index (χ4v) is 3.87. The van der Waals surface area contributed by atoms with E-state index in [1.54, 1.807) is 43.5 Å². The van der Waals surface area contributed by atoms with Crippen molar-refractivity contribution in [3.63, 3.8) is 0 Å². The third-order valence-electron chi connectivity index (χ3n) is 5.40. The Hall–Kier alpha value is -4.30. The third-order valence-corrected chi connectivity index (χ3v) is 5.72. The van der Waals surface area contributed by atoms with Crippen molar-refractivity contribution in [3.05, 3.63) is 95.1 Å². The van der Waals surface area contributed by atoms with Crippen molar-refractivity contribution in [2.75, 3.05) is 7.11 Å². The molecule has 3 N–H and O–H groups in total. The van der Waals surface area contributed by atoms with Gasteiger partial charge in [0.1, 0.15) is 5.75 Å². The summed E-state index contributed by atoms with van der Waals surface area (Å²) in [5.74, 6) is -1.26. The highest BCUT2D eigenvalue weighted by molar-refractivity contribution is 6.32. The molecule has 0 saturated carbocycles. The van der Waals surface area contributed by atoms with Gasteiger partial charge in [-0.25, -0.2) is 0 Å². The van der Waals surface area contributed by atoms with Crippen LogP contribution in [0.1, 0.15) is 28.5 Å². The van der Waals surface area contributed by atoms with Crippen LogP contribution in [0.4, 0.5) is 0 Å². The number of halogens is 1. The summed E-state index contributed by atoms with van der Waals surface area (Å²) in [7, 11) is 1.60. The van der Waals surface area contributed by atoms with Crippen LogP contribution in [-0.4, -0.2) is 39.0 Å². The van der Waals surface area contributed by atoms with Gasteiger partial charge < -0.3 is 20.3 Å². The Morgan fingerprint density at radius 3 is 2.46 bits per heavy atom. The molecule has 4 aromatic rings. The van der Waals surface area contributed by atoms with E-state index in [4.69, 9.17) is 16.3 Å². The highest BCUT2D eigenvalue weighted by Crippen LogP contribution is 2.27. The van der Waals surface area contributed by atoms with Gasteiger partial charge in [-0.3, -0.25) is 9.59 Å². The summed E-state index contributed by atoms with van der Waals surface area (Å²) in [5.41, 5.74) is 2.79. The lowest BCUT2D eigenvalue weighted by molar-refractivity contribution is -0.137. The van der Waals surface area contributed by atoms with E-state index in [0.717, 1.165) is 21.6 Å². The maximum Gasteiger partial charge on any atom is 0.305 e. The minimum atomic E-state index is -1.07. The van der Waals surface area contributed by atoms with Gasteiger partial charge >= 0.3 is 5.97 Å². The summed E-state index contributed by atoms with van der Waals surface area (Å²) >= 11 is 6.17. The van der Waals surface area contributed by atoms with Crippen molar-refractivity contribution < 1.29 is 24.5 Å². The Morgan fingerprint density at radius 2 is 1.77 bits per heavy atom. The Kier molecular flexibility index (Phi) is 7.03. The number of nitrogens with zero attached hydrogens (tertiary/aromatic N) is 2. The fraction of sp³-hybridized carbons (Fsp3) is 0.115. The molecule has 1 atom stereocenters. The molecule has 0 spiro atoms. The Labute approximate surface area is 206 Å². The number of hydrogen-bond donors (Lipinski definition) is 3. The van der Waals surface area contributed by atoms with Crippen LogP contribution in [0.3, 0.4) is 0 Å². The molecule has 1 heterocycles. The molecule has 8 nitrogen and oxygen atoms in total. The predicted molar refractivity (Wildman–Crippen MR) is 131 cm³/mol. The van der Waals surface area contributed by atoms with E-state index in [9.17, 15) is 19.8 Å². The van der Waals surface area contributed by atoms with E-state index in [2.05, 4.69) is 10.4 Å². The first kappa shape index (κ1) is 23.8. The van der Waals surface area contributed by atoms with Crippen LogP contribution in [-0.2, 0) is 4.79 Å². The van der Waals surface area contributed by atoms with E-state index >= 15 is 0 Å². The van der Waals surface area contributed by atoms with Crippen molar-refractivity contribution >= 4 is 23.5 Å². The minimum Gasteiger partial charge on any atom is -0.497 e. The lowest BCUT2D eigenvalue weighted by Gasteiger charge is -2.17. The van der Waals surface area contributed by atoms with Crippen molar-refractivity contribution in [3.8, 4) is 28.4 Å². The van der Waals surface area contributed by atoms with E-state index in [1.807, 2.05) is 36.4 Å². The number of ether oxygens (including phenoxy) is 1. The third kappa shape index (κ3) is 5.44. The van der Waals surface area contributed by atoms with Crippen LogP contribution in [0, 0.1) is 0 Å². The van der Waals surface area contributed by atoms with E-state index in [-0.39, 0.29) is 18.0 Å². The summed E-state index contributed by atoms with van der Waals surface area (Å²) in [5, 5.41) is 26.9. The standard InChI is InChI=1S/C26H22ClN3O5/c1-35-19-6-4-5-18(13-19)16-9-11-17(12-10-16)21(15-25(32)33)28-26(34)22-14-24(31)30(29-22)23-8-3-2-7-20(23)27/h2-14,21,31H,15H2,1H3,(H,28,34)(H,32,33). The molecule has 0 radical (unpaired) electrons. The molecule has 4 rings (SSSR count). The largest absolute Gasteiger partial charge is 0.497 e. The first-order chi connectivity index (χ1) is 16.9. The molecule has 1 unspecified atom stereocenters. The molecule has 178 valence electrons. The topological polar surface area (TPSA) is 114 Å². The number of carbonyl (C=O) groups is 2. The molecular formula is C26H22ClN3O5. The van der Waals surface area contributed by atoms with Gasteiger partial charge in [0, 0.05) is 6.07 Å². The second-order valence-electron chi connectivity index (χ2n) is 7.73. The molecule has 0 bridgehead atoms. The number of para-hydroxylation sites is 1. The number of amides is 1. The van der Waals surface area contributed by atoms with Gasteiger partial charge in [0.25, 0.3) is 5.91 Å². The molecule has 0 saturated heterocycles. The first-order valence-electron chi connectivity index (χ1n) is 10.7. The summed E-state index contributed by atoms with van der Waals surface area (Å²) in [6.07, 6.45) is -0.332. The molecule has 0 fully saturated rings. The number of aromatic hydroxyl groups is 1. The lowest BCUT2D eigenvalue weighted by Crippen LogP contribution is -2.30. The first-order valence-corrected chi connectivity index (χ1v) is 11.0. The van der Waals surface area contributed by atoms with Crippen LogP contribution < -0.4 is 10.1 Å². The molecule has 1 aromatic heterocycles. The summed E-state index contributed by atoms with van der Waals surface area (Å²) in [6, 6.07) is 21.9. The van der Waals surface area contributed by atoms with Gasteiger partial charge in [0.15, 0.2) is 5.69 Å². The number of methoxy groups -OCH3 is 1. The van der Waals surface area contributed by atoms with Crippen LogP contribution in [0.5, 0.6) is 11.6 Å². The lowest BCUT2D eigenvalue weighted by atomic mass is 9.99. The van der Waals surface area contributed by atoms with Crippen LogP contribution >= 0.6 is 11.6 Å². The molecule has 1 amide bonds. The van der Waals surface area contributed by atoms with Gasteiger partial charge in [-0.1, -0.05) is 60.1 Å². The Morgan fingerprint density at radius 1 is 1.03 bits per heavy atom. The van der Waals surface area contributed by atoms with E-state index in [0.29, 0.717) is 16.3 Å². The maximum absolute atomic E-state index is 12.9. The zero-order valence-corrected chi connectivity index (χ0v) is 19.4. The van der Waals surface area contributed by atoms with Crippen LogP contribution in [0.25, 0.3) is 16.8 Å². The number of benzene rings is 3. The number of carboxylic acid groups (broad SMARTS) is 1. The maximum atomic E-state index is 12.9. The average molecular weight is 492 g/mol. The summed E-state index contributed by atoms with van der Waals surface area (Å²) in [6.45, 7) is 0. The normalized spacial score (nSPS) is 11.6. The number of nitrogens with one attached hydrogen (secondary N) is 1. The van der Waals surface area contributed by atoms with Crippen molar-refractivity contribution in [1.29, 1.82) is 0 Å². The molecule has 9 heteroatoms. The van der Waals surface area contributed by atoms with Gasteiger partial charge in [-0.05, 0) is 41.0 Å². The zero-order valence-electron chi connectivity index (χ0n) is 18.7. The monoisotopic (exact) mass is 491 g/mol. The summed E-state index contributed by atoms with van der Waals surface area (Å²) < 4.78 is 6.41. The SMILES string of the molecule is COc1cccc(-c2ccc(C(CC(=O)O)NC(=O)c3cc(O)n(-c4ccccc4Cl)n3)cc2)c1. The highest BCUT2D eigenvalue weighted by Gasteiger charge is 2.22. The zero-order chi connectivity index (χ0) is 24.9. The number of carboxylic acids is 1. The predicted octanol–water partition coefficient (Wildman–Crippen LogP) is 4.85. The molecule has 3 aromatic carbocycles. The van der Waals surface area contributed by atoms with Gasteiger partial charge in [-0.2, -0.15) is 9.78 Å². The number of carbonyl (C=O) groups excluding carboxylic acids is 1. The van der Waals surface area contributed by atoms with E-state index < -0.39 is 17.9 Å². The van der Waals surface area contributed by atoms with Crippen LogP contribution in [0.2, 0.25) is 5.02 Å². The van der Waals surface area contributed by atoms with Crippen LogP contribution in [0.15, 0.2) is 78.9 Å². The summed E-state index contributed by atoms with van der Waals surface area (Å²) in [4.78, 5) is 24.4. The van der Waals surface area contributed by atoms with Gasteiger partial charge in [0.05, 0.1) is 30.3 Å². The minimum absolute atomic E-state index is 0.0780. The second-order valence-corrected chi connectivity index (χ2v) is 8.14. The molecule has 0 aliphatic heterocycles. The Balaban J connectivity index is 1.57. The second kappa shape index (κ2) is 10.3. The number of aliphatic carboxylic acids is 1. The quantitative estimate of drug-likeness (QED) is 0.324. The van der Waals surface area contributed by atoms with Crippen molar-refractivity contribution in [1.82, 2.24) is 15.1 Å². The number of hydrogen-bond acceptors (Lipinski definition) is 5. The smallest absolute Gasteiger partial charge is 0.305 e. The van der Waals surface area contributed by atoms with Crippen molar-refractivity contribution in [2.45, 2.75) is 12.5 Å².